The molecule has 18 nitrogen and oxygen atoms in total. The molecule has 5 unspecified atom stereocenters. The van der Waals surface area contributed by atoms with E-state index in [9.17, 15) is 48.7 Å². The van der Waals surface area contributed by atoms with Crippen molar-refractivity contribution in [1.29, 1.82) is 0 Å². The lowest BCUT2D eigenvalue weighted by Crippen LogP contribution is -2.66. The van der Waals surface area contributed by atoms with Gasteiger partial charge in [0.15, 0.2) is 25.0 Å². The molecule has 19 heteroatoms. The van der Waals surface area contributed by atoms with Crippen LogP contribution in [0.1, 0.15) is 0 Å². The SMILES string of the molecule is NC1[C@@H](O[C@@H]2CO[C@@H](O[C@@H]3C(CO)O[C@H](O)C(N)[C@H]3O)C(OS(=O)(=O)O)[C@H]2O)OC(CO)[C@@H](O)[C@@H]1O. The van der Waals surface area contributed by atoms with Crippen molar-refractivity contribution in [2.75, 3.05) is 19.8 Å². The van der Waals surface area contributed by atoms with Gasteiger partial charge >= 0.3 is 10.4 Å². The second-order valence-corrected chi connectivity index (χ2v) is 9.60. The molecule has 0 amide bonds. The number of nitrogens with two attached hydrogens (primary N) is 2. The first-order chi connectivity index (χ1) is 16.8. The standard InChI is InChI=1S/C17H32N2O16S/c18-7-12(25)13(5(2-21)31-15(7)26)34-17-14(35-36(27,28)29)10(23)6(3-30-17)33-16-8(19)11(24)9(22)4(1-20)32-16/h4-17,20-26H,1-3,18-19H2,(H,27,28,29)/t4?,5?,6-,7?,8?,9-,10+,11-,12-,13-,14?,15+,16-,17+/m1/s1. The van der Waals surface area contributed by atoms with Gasteiger partial charge in [0.1, 0.15) is 48.8 Å². The van der Waals surface area contributed by atoms with Crippen molar-refractivity contribution in [2.45, 2.75) is 85.9 Å². The Balaban J connectivity index is 1.77. The molecule has 0 radical (unpaired) electrons. The molecule has 0 aromatic rings. The third-order valence-corrected chi connectivity index (χ3v) is 6.56. The van der Waals surface area contributed by atoms with Crippen LogP contribution in [-0.4, -0.2) is 154 Å². The number of ether oxygens (including phenoxy) is 5. The van der Waals surface area contributed by atoms with Gasteiger partial charge in [0.05, 0.1) is 31.9 Å². The van der Waals surface area contributed by atoms with Crippen molar-refractivity contribution in [3.8, 4) is 0 Å². The molecule has 14 atom stereocenters. The number of rotatable bonds is 8. The fourth-order valence-electron chi connectivity index (χ4n) is 4.06. The van der Waals surface area contributed by atoms with Crippen LogP contribution < -0.4 is 11.5 Å². The fourth-order valence-corrected chi connectivity index (χ4v) is 4.54. The molecule has 3 fully saturated rings. The molecule has 212 valence electrons. The zero-order valence-electron chi connectivity index (χ0n) is 18.6. The van der Waals surface area contributed by atoms with Crippen LogP contribution >= 0.6 is 0 Å². The Morgan fingerprint density at radius 3 is 2.00 bits per heavy atom. The van der Waals surface area contributed by atoms with E-state index < -0.39 is 116 Å². The van der Waals surface area contributed by atoms with E-state index in [0.717, 1.165) is 0 Å². The Morgan fingerprint density at radius 2 is 1.42 bits per heavy atom. The minimum absolute atomic E-state index is 0.547. The molecule has 3 heterocycles. The molecule has 0 saturated carbocycles. The number of aliphatic hydroxyl groups excluding tert-OH is 7. The maximum absolute atomic E-state index is 11.4. The predicted molar refractivity (Wildman–Crippen MR) is 110 cm³/mol. The summed E-state index contributed by atoms with van der Waals surface area (Å²) in [7, 11) is -5.22. The van der Waals surface area contributed by atoms with Gasteiger partial charge in [-0.15, -0.1) is 0 Å². The molecular formula is C17H32N2O16S. The summed E-state index contributed by atoms with van der Waals surface area (Å²) >= 11 is 0. The first-order valence-corrected chi connectivity index (χ1v) is 12.2. The van der Waals surface area contributed by atoms with E-state index in [1.807, 2.05) is 0 Å². The quantitative estimate of drug-likeness (QED) is 0.125. The summed E-state index contributed by atoms with van der Waals surface area (Å²) in [5.41, 5.74) is 11.4. The van der Waals surface area contributed by atoms with Crippen LogP contribution in [0.3, 0.4) is 0 Å². The predicted octanol–water partition coefficient (Wildman–Crippen LogP) is -7.17. The third-order valence-electron chi connectivity index (χ3n) is 6.09. The molecule has 12 N–H and O–H groups in total. The minimum atomic E-state index is -5.22. The molecule has 3 rings (SSSR count). The zero-order valence-corrected chi connectivity index (χ0v) is 19.4. The van der Waals surface area contributed by atoms with Crippen LogP contribution in [0.2, 0.25) is 0 Å². The van der Waals surface area contributed by atoms with Crippen molar-refractivity contribution in [1.82, 2.24) is 0 Å². The monoisotopic (exact) mass is 552 g/mol. The Bertz CT molecular complexity index is 818. The van der Waals surface area contributed by atoms with Crippen molar-refractivity contribution >= 4 is 10.4 Å². The summed E-state index contributed by atoms with van der Waals surface area (Å²) in [6.45, 7) is -2.03. The van der Waals surface area contributed by atoms with Gasteiger partial charge in [-0.25, -0.2) is 4.18 Å². The highest BCUT2D eigenvalue weighted by Gasteiger charge is 2.51. The second-order valence-electron chi connectivity index (χ2n) is 8.56. The van der Waals surface area contributed by atoms with E-state index in [0.29, 0.717) is 0 Å². The van der Waals surface area contributed by atoms with Crippen LogP contribution in [0.4, 0.5) is 0 Å². The highest BCUT2D eigenvalue weighted by molar-refractivity contribution is 7.80. The lowest BCUT2D eigenvalue weighted by atomic mass is 9.96. The van der Waals surface area contributed by atoms with Crippen LogP contribution in [0, 0.1) is 0 Å². The van der Waals surface area contributed by atoms with Gasteiger partial charge in [-0.1, -0.05) is 0 Å². The molecule has 3 aliphatic heterocycles. The second kappa shape index (κ2) is 12.0. The van der Waals surface area contributed by atoms with Crippen molar-refractivity contribution in [2.24, 2.45) is 11.5 Å². The van der Waals surface area contributed by atoms with Gasteiger partial charge in [-0.3, -0.25) is 4.55 Å². The van der Waals surface area contributed by atoms with E-state index in [-0.39, 0.29) is 0 Å². The Labute approximate surface area is 204 Å². The summed E-state index contributed by atoms with van der Waals surface area (Å²) in [5.74, 6) is 0. The molecule has 36 heavy (non-hydrogen) atoms. The largest absolute Gasteiger partial charge is 0.397 e. The normalized spacial score (nSPS) is 48.6. The summed E-state index contributed by atoms with van der Waals surface area (Å²) in [6.07, 6.45) is -19.4. The van der Waals surface area contributed by atoms with Crippen LogP contribution in [0.15, 0.2) is 0 Å². The number of hydrogen-bond acceptors (Lipinski definition) is 17. The molecule has 0 aliphatic carbocycles. The average molecular weight is 553 g/mol. The number of hydrogen-bond donors (Lipinski definition) is 10. The highest BCUT2D eigenvalue weighted by Crippen LogP contribution is 2.30. The van der Waals surface area contributed by atoms with Gasteiger partial charge in [0.25, 0.3) is 0 Å². The Hall–Kier alpha value is -0.690. The lowest BCUT2D eigenvalue weighted by Gasteiger charge is -2.46. The van der Waals surface area contributed by atoms with Gasteiger partial charge in [0, 0.05) is 0 Å². The maximum atomic E-state index is 11.4. The molecule has 0 spiro atoms. The summed E-state index contributed by atoms with van der Waals surface area (Å²) in [6, 6.07) is -2.76. The molecular weight excluding hydrogens is 520 g/mol. The van der Waals surface area contributed by atoms with Crippen molar-refractivity contribution < 1.29 is 76.6 Å². The topological polar surface area (TPSA) is 303 Å². The van der Waals surface area contributed by atoms with Gasteiger partial charge in [0.2, 0.25) is 0 Å². The molecule has 0 aromatic heterocycles. The van der Waals surface area contributed by atoms with Gasteiger partial charge in [-0.05, 0) is 0 Å². The third kappa shape index (κ3) is 6.47. The first-order valence-electron chi connectivity index (χ1n) is 10.8. The summed E-state index contributed by atoms with van der Waals surface area (Å²) in [4.78, 5) is 0. The molecule has 3 aliphatic rings. The summed E-state index contributed by atoms with van der Waals surface area (Å²) in [5, 5.41) is 69.7. The van der Waals surface area contributed by atoms with Crippen LogP contribution in [0.5, 0.6) is 0 Å². The summed E-state index contributed by atoms with van der Waals surface area (Å²) < 4.78 is 63.3. The van der Waals surface area contributed by atoms with Gasteiger partial charge in [-0.2, -0.15) is 8.42 Å². The molecule has 0 aromatic carbocycles. The van der Waals surface area contributed by atoms with E-state index in [1.54, 1.807) is 0 Å². The number of aliphatic hydroxyl groups is 7. The van der Waals surface area contributed by atoms with Crippen LogP contribution in [0.25, 0.3) is 0 Å². The fraction of sp³-hybridized carbons (Fsp3) is 1.00. The minimum Gasteiger partial charge on any atom is -0.394 e. The lowest BCUT2D eigenvalue weighted by molar-refractivity contribution is -0.344. The Kier molecular flexibility index (Phi) is 9.96. The van der Waals surface area contributed by atoms with Crippen molar-refractivity contribution in [3.63, 3.8) is 0 Å². The zero-order chi connectivity index (χ0) is 26.9. The highest BCUT2D eigenvalue weighted by atomic mass is 32.3. The maximum Gasteiger partial charge on any atom is 0.397 e. The van der Waals surface area contributed by atoms with E-state index in [1.165, 1.54) is 0 Å². The smallest absolute Gasteiger partial charge is 0.394 e. The first kappa shape index (κ1) is 29.9. The van der Waals surface area contributed by atoms with Crippen LogP contribution in [-0.2, 0) is 38.3 Å². The molecule has 0 bridgehead atoms. The van der Waals surface area contributed by atoms with E-state index in [4.69, 9.17) is 35.2 Å². The van der Waals surface area contributed by atoms with Crippen molar-refractivity contribution in [3.05, 3.63) is 0 Å². The van der Waals surface area contributed by atoms with E-state index >= 15 is 0 Å². The van der Waals surface area contributed by atoms with E-state index in [2.05, 4.69) is 4.18 Å². The average Bonchev–Trinajstić information content (AvgIpc) is 2.82. The van der Waals surface area contributed by atoms with Gasteiger partial charge < -0.3 is 70.9 Å². The molecule has 3 saturated heterocycles. The Morgan fingerprint density at radius 1 is 0.778 bits per heavy atom.